The molecular weight excluding hydrogens is 365 g/mol. The van der Waals surface area contributed by atoms with Crippen LogP contribution in [0.25, 0.3) is 0 Å². The van der Waals surface area contributed by atoms with Crippen molar-refractivity contribution < 1.29 is 17.9 Å². The third kappa shape index (κ3) is 5.54. The molecule has 0 amide bonds. The molecule has 0 aliphatic rings. The molecule has 0 aliphatic heterocycles. The predicted octanol–water partition coefficient (Wildman–Crippen LogP) is 5.22. The Morgan fingerprint density at radius 2 is 1.88 bits per heavy atom. The molecule has 2 aromatic rings. The molecule has 7 heteroatoms. The minimum absolute atomic E-state index is 0.313. The number of nitrogens with zero attached hydrogens (tertiary/aromatic N) is 1. The van der Waals surface area contributed by atoms with E-state index in [1.807, 2.05) is 44.1 Å². The number of halogens is 4. The number of hydrogen-bond acceptors (Lipinski definition) is 3. The highest BCUT2D eigenvalue weighted by Gasteiger charge is 2.33. The fraction of sp³-hybridized carbons (Fsp3) is 0.368. The Bertz CT molecular complexity index is 748. The molecular formula is C19H22ClF3N2O. The lowest BCUT2D eigenvalue weighted by Crippen LogP contribution is -2.20. The van der Waals surface area contributed by atoms with Gasteiger partial charge in [0.15, 0.2) is 0 Å². The number of anilines is 1. The molecule has 0 saturated heterocycles. The van der Waals surface area contributed by atoms with Crippen LogP contribution in [-0.2, 0) is 12.7 Å². The highest BCUT2D eigenvalue weighted by molar-refractivity contribution is 6.31. The van der Waals surface area contributed by atoms with E-state index >= 15 is 0 Å². The maximum Gasteiger partial charge on any atom is 0.417 e. The van der Waals surface area contributed by atoms with Gasteiger partial charge in [-0.25, -0.2) is 0 Å². The van der Waals surface area contributed by atoms with Gasteiger partial charge in [-0.15, -0.1) is 0 Å². The Morgan fingerprint density at radius 3 is 2.54 bits per heavy atom. The van der Waals surface area contributed by atoms with Crippen molar-refractivity contribution in [3.8, 4) is 5.75 Å². The summed E-state index contributed by atoms with van der Waals surface area (Å²) in [5.41, 5.74) is 1.42. The third-order valence-corrected chi connectivity index (χ3v) is 4.23. The number of aryl methyl sites for hydroxylation is 1. The van der Waals surface area contributed by atoms with Crippen molar-refractivity contribution in [1.82, 2.24) is 4.90 Å². The number of nitrogens with one attached hydrogen (secondary N) is 1. The zero-order valence-corrected chi connectivity index (χ0v) is 15.7. The SMILES string of the molecule is Cc1cccc(OCCN(C)C)c1CNc1ccc(Cl)c(C(F)(F)F)c1. The van der Waals surface area contributed by atoms with Gasteiger partial charge < -0.3 is 15.0 Å². The number of alkyl halides is 3. The monoisotopic (exact) mass is 386 g/mol. The largest absolute Gasteiger partial charge is 0.492 e. The molecule has 142 valence electrons. The Labute approximate surface area is 156 Å². The van der Waals surface area contributed by atoms with Crippen LogP contribution in [0.4, 0.5) is 18.9 Å². The highest BCUT2D eigenvalue weighted by atomic mass is 35.5. The maximum atomic E-state index is 13.0. The third-order valence-electron chi connectivity index (χ3n) is 3.90. The molecule has 0 bridgehead atoms. The van der Waals surface area contributed by atoms with E-state index in [2.05, 4.69) is 5.32 Å². The second kappa shape index (κ2) is 8.64. The van der Waals surface area contributed by atoms with Crippen molar-refractivity contribution in [2.24, 2.45) is 0 Å². The second-order valence-corrected chi connectivity index (χ2v) is 6.66. The molecule has 0 fully saturated rings. The predicted molar refractivity (Wildman–Crippen MR) is 99.0 cm³/mol. The smallest absolute Gasteiger partial charge is 0.417 e. The number of hydrogen-bond donors (Lipinski definition) is 1. The zero-order valence-electron chi connectivity index (χ0n) is 15.0. The molecule has 2 aromatic carbocycles. The van der Waals surface area contributed by atoms with Crippen LogP contribution in [0.3, 0.4) is 0 Å². The van der Waals surface area contributed by atoms with E-state index in [1.165, 1.54) is 12.1 Å². The summed E-state index contributed by atoms with van der Waals surface area (Å²) in [6.07, 6.45) is -4.49. The van der Waals surface area contributed by atoms with E-state index in [9.17, 15) is 13.2 Å². The molecule has 0 atom stereocenters. The Kier molecular flexibility index (Phi) is 6.78. The van der Waals surface area contributed by atoms with Gasteiger partial charge in [-0.1, -0.05) is 23.7 Å². The summed E-state index contributed by atoms with van der Waals surface area (Å²) in [4.78, 5) is 2.01. The van der Waals surface area contributed by atoms with Crippen LogP contribution in [0.5, 0.6) is 5.75 Å². The highest BCUT2D eigenvalue weighted by Crippen LogP contribution is 2.36. The Hall–Kier alpha value is -1.92. The summed E-state index contributed by atoms with van der Waals surface area (Å²) in [6.45, 7) is 3.59. The van der Waals surface area contributed by atoms with Gasteiger partial charge in [-0.05, 0) is 50.8 Å². The van der Waals surface area contributed by atoms with Crippen molar-refractivity contribution in [3.05, 3.63) is 58.1 Å². The second-order valence-electron chi connectivity index (χ2n) is 6.25. The van der Waals surface area contributed by atoms with E-state index in [1.54, 1.807) is 0 Å². The van der Waals surface area contributed by atoms with Crippen LogP contribution in [0, 0.1) is 6.92 Å². The first-order valence-electron chi connectivity index (χ1n) is 8.15. The Morgan fingerprint density at radius 1 is 1.15 bits per heavy atom. The number of likely N-dealkylation sites (N-methyl/N-ethyl adjacent to an activating group) is 1. The summed E-state index contributed by atoms with van der Waals surface area (Å²) in [5, 5.41) is 2.72. The van der Waals surface area contributed by atoms with E-state index in [0.717, 1.165) is 29.5 Å². The Balaban J connectivity index is 2.14. The van der Waals surface area contributed by atoms with E-state index in [0.29, 0.717) is 18.8 Å². The molecule has 3 nitrogen and oxygen atoms in total. The van der Waals surface area contributed by atoms with Crippen LogP contribution in [0.1, 0.15) is 16.7 Å². The molecule has 0 aliphatic carbocycles. The van der Waals surface area contributed by atoms with Gasteiger partial charge in [0.05, 0.1) is 10.6 Å². The average molecular weight is 387 g/mol. The van der Waals surface area contributed by atoms with Gasteiger partial charge in [0.2, 0.25) is 0 Å². The van der Waals surface area contributed by atoms with Gasteiger partial charge in [-0.3, -0.25) is 0 Å². The molecule has 26 heavy (non-hydrogen) atoms. The fourth-order valence-electron chi connectivity index (χ4n) is 2.42. The van der Waals surface area contributed by atoms with Gasteiger partial charge in [0.25, 0.3) is 0 Å². The molecule has 0 saturated carbocycles. The van der Waals surface area contributed by atoms with Crippen LogP contribution >= 0.6 is 11.6 Å². The van der Waals surface area contributed by atoms with Crippen molar-refractivity contribution in [1.29, 1.82) is 0 Å². The summed E-state index contributed by atoms with van der Waals surface area (Å²) >= 11 is 5.66. The first-order valence-corrected chi connectivity index (χ1v) is 8.53. The molecule has 0 heterocycles. The number of ether oxygens (including phenoxy) is 1. The van der Waals surface area contributed by atoms with Gasteiger partial charge in [0.1, 0.15) is 12.4 Å². The molecule has 2 rings (SSSR count). The minimum Gasteiger partial charge on any atom is -0.492 e. The summed E-state index contributed by atoms with van der Waals surface area (Å²) in [6, 6.07) is 9.50. The normalized spacial score (nSPS) is 11.7. The maximum absolute atomic E-state index is 13.0. The number of rotatable bonds is 7. The first kappa shape index (κ1) is 20.4. The first-order chi connectivity index (χ1) is 12.2. The molecule has 0 spiro atoms. The lowest BCUT2D eigenvalue weighted by molar-refractivity contribution is -0.137. The van der Waals surface area contributed by atoms with Crippen molar-refractivity contribution in [2.45, 2.75) is 19.6 Å². The van der Waals surface area contributed by atoms with Crippen molar-refractivity contribution >= 4 is 17.3 Å². The lowest BCUT2D eigenvalue weighted by Gasteiger charge is -2.17. The van der Waals surface area contributed by atoms with E-state index in [-0.39, 0.29) is 5.02 Å². The van der Waals surface area contributed by atoms with Gasteiger partial charge >= 0.3 is 6.18 Å². The molecule has 0 radical (unpaired) electrons. The minimum atomic E-state index is -4.49. The van der Waals surface area contributed by atoms with Crippen LogP contribution < -0.4 is 10.1 Å². The van der Waals surface area contributed by atoms with Gasteiger partial charge in [-0.2, -0.15) is 13.2 Å². The fourth-order valence-corrected chi connectivity index (χ4v) is 2.64. The molecule has 0 aromatic heterocycles. The van der Waals surface area contributed by atoms with Crippen LogP contribution in [-0.4, -0.2) is 32.1 Å². The van der Waals surface area contributed by atoms with Crippen LogP contribution in [0.15, 0.2) is 36.4 Å². The standard InChI is InChI=1S/C19H22ClF3N2O/c1-13-5-4-6-18(26-10-9-25(2)3)15(13)12-24-14-7-8-17(20)16(11-14)19(21,22)23/h4-8,11,24H,9-10,12H2,1-3H3. The average Bonchev–Trinajstić information content (AvgIpc) is 2.54. The molecule has 0 unspecified atom stereocenters. The molecule has 1 N–H and O–H groups in total. The van der Waals surface area contributed by atoms with Gasteiger partial charge in [0, 0.05) is 24.3 Å². The topological polar surface area (TPSA) is 24.5 Å². The summed E-state index contributed by atoms with van der Waals surface area (Å²) in [7, 11) is 3.92. The summed E-state index contributed by atoms with van der Waals surface area (Å²) < 4.78 is 44.8. The quantitative estimate of drug-likeness (QED) is 0.706. The van der Waals surface area contributed by atoms with Crippen molar-refractivity contribution in [3.63, 3.8) is 0 Å². The van der Waals surface area contributed by atoms with Crippen LogP contribution in [0.2, 0.25) is 5.02 Å². The number of benzene rings is 2. The van der Waals surface area contributed by atoms with Crippen molar-refractivity contribution in [2.75, 3.05) is 32.6 Å². The lowest BCUT2D eigenvalue weighted by atomic mass is 10.1. The summed E-state index contributed by atoms with van der Waals surface area (Å²) in [5.74, 6) is 0.726. The van der Waals surface area contributed by atoms with E-state index < -0.39 is 11.7 Å². The van der Waals surface area contributed by atoms with E-state index in [4.69, 9.17) is 16.3 Å². The zero-order chi connectivity index (χ0) is 19.3.